The molecule has 0 atom stereocenters. The van der Waals surface area contributed by atoms with E-state index in [4.69, 9.17) is 16.6 Å². The molecule has 24 heavy (non-hydrogen) atoms. The minimum atomic E-state index is -0.0523. The summed E-state index contributed by atoms with van der Waals surface area (Å²) in [7, 11) is 1.91. The Bertz CT molecular complexity index is 915. The van der Waals surface area contributed by atoms with Gasteiger partial charge in [-0.2, -0.15) is 5.10 Å². The molecular weight excluding hydrogens is 322 g/mol. The van der Waals surface area contributed by atoms with Crippen LogP contribution < -0.4 is 4.90 Å². The van der Waals surface area contributed by atoms with E-state index < -0.39 is 0 Å². The van der Waals surface area contributed by atoms with E-state index in [1.165, 1.54) is 0 Å². The third-order valence-electron chi connectivity index (χ3n) is 4.38. The fourth-order valence-corrected chi connectivity index (χ4v) is 3.40. The molecule has 0 spiro atoms. The molecule has 0 aliphatic carbocycles. The average molecular weight is 340 g/mol. The highest BCUT2D eigenvalue weighted by Crippen LogP contribution is 2.44. The van der Waals surface area contributed by atoms with Gasteiger partial charge < -0.3 is 4.90 Å². The third kappa shape index (κ3) is 2.45. The Hall–Kier alpha value is -2.40. The van der Waals surface area contributed by atoms with Crippen LogP contribution in [0, 0.1) is 0 Å². The Balaban J connectivity index is 1.81. The molecule has 0 fully saturated rings. The summed E-state index contributed by atoms with van der Waals surface area (Å²) in [6.07, 6.45) is 5.56. The number of pyridine rings is 2. The van der Waals surface area contributed by atoms with Crippen LogP contribution in [0.5, 0.6) is 0 Å². The van der Waals surface area contributed by atoms with Crippen LogP contribution in [0.3, 0.4) is 0 Å². The van der Waals surface area contributed by atoms with Gasteiger partial charge >= 0.3 is 0 Å². The number of anilines is 2. The maximum Gasteiger partial charge on any atom is 0.131 e. The van der Waals surface area contributed by atoms with Gasteiger partial charge in [0.2, 0.25) is 0 Å². The molecule has 1 aliphatic heterocycles. The number of hydrogen-bond acceptors (Lipinski definition) is 4. The SMILES string of the molecule is Cn1cc(-c2ccc3c(n2)C(C)(C)CN3c2ccnc(Cl)c2)cn1. The molecule has 0 unspecified atom stereocenters. The van der Waals surface area contributed by atoms with Crippen LogP contribution in [0.25, 0.3) is 11.3 Å². The van der Waals surface area contributed by atoms with Crippen molar-refractivity contribution in [2.24, 2.45) is 7.05 Å². The number of aromatic nitrogens is 4. The van der Waals surface area contributed by atoms with Gasteiger partial charge in [0.1, 0.15) is 5.15 Å². The van der Waals surface area contributed by atoms with E-state index >= 15 is 0 Å². The smallest absolute Gasteiger partial charge is 0.131 e. The molecule has 3 aromatic heterocycles. The molecule has 0 saturated carbocycles. The Morgan fingerprint density at radius 1 is 1.21 bits per heavy atom. The molecule has 1 aliphatic rings. The summed E-state index contributed by atoms with van der Waals surface area (Å²) in [6, 6.07) is 8.05. The second-order valence-electron chi connectivity index (χ2n) is 6.77. The van der Waals surface area contributed by atoms with Crippen molar-refractivity contribution < 1.29 is 0 Å². The van der Waals surface area contributed by atoms with Crippen LogP contribution >= 0.6 is 11.6 Å². The monoisotopic (exact) mass is 339 g/mol. The highest BCUT2D eigenvalue weighted by atomic mass is 35.5. The predicted octanol–water partition coefficient (Wildman–Crippen LogP) is 3.96. The first kappa shape index (κ1) is 15.1. The minimum absolute atomic E-state index is 0.0523. The lowest BCUT2D eigenvalue weighted by Crippen LogP contribution is -2.25. The zero-order chi connectivity index (χ0) is 16.9. The molecule has 0 radical (unpaired) electrons. The van der Waals surface area contributed by atoms with Crippen molar-refractivity contribution in [2.75, 3.05) is 11.4 Å². The Kier molecular flexibility index (Phi) is 3.35. The summed E-state index contributed by atoms with van der Waals surface area (Å²) in [5.41, 5.74) is 5.18. The molecule has 0 saturated heterocycles. The molecule has 122 valence electrons. The molecule has 0 N–H and O–H groups in total. The zero-order valence-corrected chi connectivity index (χ0v) is 14.6. The van der Waals surface area contributed by atoms with Gasteiger partial charge in [-0.1, -0.05) is 25.4 Å². The van der Waals surface area contributed by atoms with Crippen molar-refractivity contribution in [3.8, 4) is 11.3 Å². The summed E-state index contributed by atoms with van der Waals surface area (Å²) < 4.78 is 1.79. The largest absolute Gasteiger partial charge is 0.339 e. The van der Waals surface area contributed by atoms with Crippen molar-refractivity contribution in [2.45, 2.75) is 19.3 Å². The first-order valence-electron chi connectivity index (χ1n) is 7.84. The number of aryl methyl sites for hydroxylation is 1. The lowest BCUT2D eigenvalue weighted by atomic mass is 9.91. The minimum Gasteiger partial charge on any atom is -0.339 e. The number of rotatable bonds is 2. The fraction of sp³-hybridized carbons (Fsp3) is 0.278. The summed E-state index contributed by atoms with van der Waals surface area (Å²) in [4.78, 5) is 11.3. The summed E-state index contributed by atoms with van der Waals surface area (Å²) in [5, 5.41) is 4.74. The number of halogens is 1. The maximum atomic E-state index is 6.07. The van der Waals surface area contributed by atoms with Crippen LogP contribution in [-0.2, 0) is 12.5 Å². The molecule has 4 heterocycles. The van der Waals surface area contributed by atoms with Gasteiger partial charge in [-0.25, -0.2) is 9.97 Å². The maximum absolute atomic E-state index is 6.07. The predicted molar refractivity (Wildman–Crippen MR) is 95.7 cm³/mol. The van der Waals surface area contributed by atoms with Crippen molar-refractivity contribution in [3.63, 3.8) is 0 Å². The van der Waals surface area contributed by atoms with Crippen LogP contribution in [0.15, 0.2) is 42.9 Å². The van der Waals surface area contributed by atoms with E-state index in [0.29, 0.717) is 5.15 Å². The normalized spacial score (nSPS) is 15.6. The molecular formula is C18H18ClN5. The lowest BCUT2D eigenvalue weighted by molar-refractivity contribution is 0.554. The fourth-order valence-electron chi connectivity index (χ4n) is 3.23. The molecule has 4 rings (SSSR count). The van der Waals surface area contributed by atoms with Gasteiger partial charge in [-0.3, -0.25) is 4.68 Å². The van der Waals surface area contributed by atoms with Gasteiger partial charge in [0, 0.05) is 42.7 Å². The molecule has 0 amide bonds. The second-order valence-corrected chi connectivity index (χ2v) is 7.16. The van der Waals surface area contributed by atoms with Gasteiger partial charge in [0.15, 0.2) is 0 Å². The van der Waals surface area contributed by atoms with Crippen molar-refractivity contribution in [3.05, 3.63) is 53.7 Å². The number of nitrogens with zero attached hydrogens (tertiary/aromatic N) is 5. The van der Waals surface area contributed by atoms with Crippen LogP contribution in [-0.4, -0.2) is 26.3 Å². The van der Waals surface area contributed by atoms with Crippen LogP contribution in [0.1, 0.15) is 19.5 Å². The topological polar surface area (TPSA) is 46.8 Å². The van der Waals surface area contributed by atoms with E-state index in [-0.39, 0.29) is 5.41 Å². The van der Waals surface area contributed by atoms with Gasteiger partial charge in [-0.15, -0.1) is 0 Å². The van der Waals surface area contributed by atoms with E-state index in [1.54, 1.807) is 10.9 Å². The van der Waals surface area contributed by atoms with Gasteiger partial charge in [0.25, 0.3) is 0 Å². The number of fused-ring (bicyclic) bond motifs is 1. The highest BCUT2D eigenvalue weighted by Gasteiger charge is 2.37. The number of hydrogen-bond donors (Lipinski definition) is 0. The third-order valence-corrected chi connectivity index (χ3v) is 4.59. The zero-order valence-electron chi connectivity index (χ0n) is 13.9. The average Bonchev–Trinajstić information content (AvgIpc) is 3.09. The highest BCUT2D eigenvalue weighted by molar-refractivity contribution is 6.29. The van der Waals surface area contributed by atoms with E-state index in [2.05, 4.69) is 34.9 Å². The first-order chi connectivity index (χ1) is 11.4. The Morgan fingerprint density at radius 2 is 2.04 bits per heavy atom. The quantitative estimate of drug-likeness (QED) is 0.663. The lowest BCUT2D eigenvalue weighted by Gasteiger charge is -2.22. The van der Waals surface area contributed by atoms with Crippen LogP contribution in [0.4, 0.5) is 11.4 Å². The standard InChI is InChI=1S/C18H18ClN5/c1-18(2)11-24(13-6-7-20-16(19)8-13)15-5-4-14(22-17(15)18)12-9-21-23(3)10-12/h4-10H,11H2,1-3H3. The molecule has 5 nitrogen and oxygen atoms in total. The Labute approximate surface area is 145 Å². The summed E-state index contributed by atoms with van der Waals surface area (Å²) in [5.74, 6) is 0. The van der Waals surface area contributed by atoms with E-state index in [0.717, 1.165) is 34.9 Å². The van der Waals surface area contributed by atoms with Crippen molar-refractivity contribution in [1.82, 2.24) is 19.7 Å². The molecule has 3 aromatic rings. The molecule has 0 bridgehead atoms. The second kappa shape index (κ2) is 5.31. The summed E-state index contributed by atoms with van der Waals surface area (Å²) >= 11 is 6.07. The van der Waals surface area contributed by atoms with Crippen LogP contribution in [0.2, 0.25) is 5.15 Å². The molecule has 0 aromatic carbocycles. The molecule has 6 heteroatoms. The van der Waals surface area contributed by atoms with E-state index in [1.807, 2.05) is 37.6 Å². The van der Waals surface area contributed by atoms with Crippen molar-refractivity contribution >= 4 is 23.0 Å². The Morgan fingerprint density at radius 3 is 2.75 bits per heavy atom. The van der Waals surface area contributed by atoms with E-state index in [9.17, 15) is 0 Å². The van der Waals surface area contributed by atoms with Crippen molar-refractivity contribution in [1.29, 1.82) is 0 Å². The first-order valence-corrected chi connectivity index (χ1v) is 8.21. The van der Waals surface area contributed by atoms with Gasteiger partial charge in [0.05, 0.1) is 23.3 Å². The van der Waals surface area contributed by atoms with Gasteiger partial charge in [-0.05, 0) is 24.3 Å². The summed E-state index contributed by atoms with van der Waals surface area (Å²) in [6.45, 7) is 5.29.